The van der Waals surface area contributed by atoms with Crippen molar-refractivity contribution in [1.82, 2.24) is 5.32 Å². The molecule has 1 aromatic carbocycles. The molecule has 96 valence electrons. The molecule has 0 aliphatic heterocycles. The molecule has 0 aromatic heterocycles. The van der Waals surface area contributed by atoms with E-state index in [0.29, 0.717) is 6.04 Å². The van der Waals surface area contributed by atoms with Gasteiger partial charge in [-0.25, -0.2) is 0 Å². The summed E-state index contributed by atoms with van der Waals surface area (Å²) in [6.45, 7) is 8.27. The molecule has 1 aromatic rings. The molecule has 2 unspecified atom stereocenters. The van der Waals surface area contributed by atoms with E-state index in [1.165, 1.54) is 5.56 Å². The summed E-state index contributed by atoms with van der Waals surface area (Å²) >= 11 is 0. The number of benzene rings is 1. The summed E-state index contributed by atoms with van der Waals surface area (Å²) in [5.41, 5.74) is 1.27. The minimum Gasteiger partial charge on any atom is -0.372 e. The molecule has 1 rings (SSSR count). The van der Waals surface area contributed by atoms with Gasteiger partial charge < -0.3 is 10.1 Å². The summed E-state index contributed by atoms with van der Waals surface area (Å²) in [6.07, 6.45) is 2.40. The predicted molar refractivity (Wildman–Crippen MR) is 73.2 cm³/mol. The molecular weight excluding hydrogens is 210 g/mol. The molecule has 0 spiro atoms. The molecule has 0 heterocycles. The Morgan fingerprint density at radius 1 is 1.12 bits per heavy atom. The van der Waals surface area contributed by atoms with E-state index in [1.54, 1.807) is 0 Å². The van der Waals surface area contributed by atoms with Crippen LogP contribution in [0.1, 0.15) is 45.3 Å². The van der Waals surface area contributed by atoms with Gasteiger partial charge in [0.1, 0.15) is 0 Å². The van der Waals surface area contributed by atoms with Crippen LogP contribution in [-0.2, 0) is 4.74 Å². The fourth-order valence-corrected chi connectivity index (χ4v) is 2.06. The zero-order valence-corrected chi connectivity index (χ0v) is 11.3. The van der Waals surface area contributed by atoms with Gasteiger partial charge >= 0.3 is 0 Å². The Kier molecular flexibility index (Phi) is 6.90. The Bertz CT molecular complexity index is 286. The molecule has 0 bridgehead atoms. The van der Waals surface area contributed by atoms with Crippen molar-refractivity contribution in [2.75, 3.05) is 13.2 Å². The topological polar surface area (TPSA) is 21.3 Å². The van der Waals surface area contributed by atoms with Crippen LogP contribution in [0.2, 0.25) is 0 Å². The van der Waals surface area contributed by atoms with Gasteiger partial charge in [-0.1, -0.05) is 44.2 Å². The van der Waals surface area contributed by atoms with Crippen LogP contribution in [0.5, 0.6) is 0 Å². The summed E-state index contributed by atoms with van der Waals surface area (Å²) in [5, 5.41) is 3.58. The van der Waals surface area contributed by atoms with E-state index >= 15 is 0 Å². The first kappa shape index (κ1) is 14.2. The van der Waals surface area contributed by atoms with Crippen molar-refractivity contribution >= 4 is 0 Å². The van der Waals surface area contributed by atoms with Gasteiger partial charge in [0, 0.05) is 12.6 Å². The average Bonchev–Trinajstić information content (AvgIpc) is 2.39. The standard InChI is InChI=1S/C15H25NO/c1-4-12-16-14(5-2)15(17-6-3)13-10-8-7-9-11-13/h7-11,14-16H,4-6,12H2,1-3H3. The van der Waals surface area contributed by atoms with Crippen LogP contribution in [0.3, 0.4) is 0 Å². The fourth-order valence-electron chi connectivity index (χ4n) is 2.06. The molecule has 0 aliphatic rings. The molecule has 0 radical (unpaired) electrons. The smallest absolute Gasteiger partial charge is 0.0977 e. The zero-order valence-electron chi connectivity index (χ0n) is 11.3. The van der Waals surface area contributed by atoms with E-state index in [2.05, 4.69) is 50.4 Å². The van der Waals surface area contributed by atoms with Crippen LogP contribution in [-0.4, -0.2) is 19.2 Å². The molecule has 0 aliphatic carbocycles. The first-order valence-electron chi connectivity index (χ1n) is 6.73. The molecule has 2 nitrogen and oxygen atoms in total. The van der Waals surface area contributed by atoms with Crippen LogP contribution in [0.25, 0.3) is 0 Å². The highest BCUT2D eigenvalue weighted by Gasteiger charge is 2.21. The largest absolute Gasteiger partial charge is 0.372 e. The normalized spacial score (nSPS) is 14.5. The van der Waals surface area contributed by atoms with E-state index in [1.807, 2.05) is 6.07 Å². The maximum absolute atomic E-state index is 5.92. The second-order valence-corrected chi connectivity index (χ2v) is 4.26. The molecule has 0 saturated heterocycles. The number of ether oxygens (including phenoxy) is 1. The van der Waals surface area contributed by atoms with Gasteiger partial charge in [0.05, 0.1) is 6.10 Å². The monoisotopic (exact) mass is 235 g/mol. The Balaban J connectivity index is 2.75. The summed E-state index contributed by atoms with van der Waals surface area (Å²) < 4.78 is 5.92. The van der Waals surface area contributed by atoms with E-state index in [4.69, 9.17) is 4.74 Å². The van der Waals surface area contributed by atoms with E-state index in [9.17, 15) is 0 Å². The second kappa shape index (κ2) is 8.26. The summed E-state index contributed by atoms with van der Waals surface area (Å²) in [6, 6.07) is 10.9. The van der Waals surface area contributed by atoms with Crippen LogP contribution >= 0.6 is 0 Å². The van der Waals surface area contributed by atoms with Gasteiger partial charge in [-0.3, -0.25) is 0 Å². The Morgan fingerprint density at radius 3 is 2.35 bits per heavy atom. The molecule has 2 atom stereocenters. The van der Waals surface area contributed by atoms with Crippen molar-refractivity contribution < 1.29 is 4.74 Å². The molecule has 2 heteroatoms. The lowest BCUT2D eigenvalue weighted by Gasteiger charge is -2.27. The first-order chi connectivity index (χ1) is 8.33. The van der Waals surface area contributed by atoms with E-state index in [0.717, 1.165) is 26.0 Å². The maximum Gasteiger partial charge on any atom is 0.0977 e. The third kappa shape index (κ3) is 4.49. The SMILES string of the molecule is CCCNC(CC)C(OCC)c1ccccc1. The van der Waals surface area contributed by atoms with Crippen LogP contribution in [0.4, 0.5) is 0 Å². The van der Waals surface area contributed by atoms with Gasteiger partial charge in [0.2, 0.25) is 0 Å². The van der Waals surface area contributed by atoms with Gasteiger partial charge in [0.25, 0.3) is 0 Å². The highest BCUT2D eigenvalue weighted by molar-refractivity contribution is 5.19. The lowest BCUT2D eigenvalue weighted by Crippen LogP contribution is -2.36. The molecule has 17 heavy (non-hydrogen) atoms. The van der Waals surface area contributed by atoms with Crippen molar-refractivity contribution in [2.45, 2.75) is 45.8 Å². The third-order valence-electron chi connectivity index (χ3n) is 2.94. The quantitative estimate of drug-likeness (QED) is 0.744. The third-order valence-corrected chi connectivity index (χ3v) is 2.94. The summed E-state index contributed by atoms with van der Waals surface area (Å²) in [5.74, 6) is 0. The average molecular weight is 235 g/mol. The van der Waals surface area contributed by atoms with Crippen molar-refractivity contribution in [1.29, 1.82) is 0 Å². The molecular formula is C15H25NO. The molecule has 1 N–H and O–H groups in total. The highest BCUT2D eigenvalue weighted by Crippen LogP contribution is 2.23. The number of hydrogen-bond donors (Lipinski definition) is 1. The zero-order chi connectivity index (χ0) is 12.5. The molecule has 0 saturated carbocycles. The number of hydrogen-bond acceptors (Lipinski definition) is 2. The van der Waals surface area contributed by atoms with Crippen LogP contribution < -0.4 is 5.32 Å². The lowest BCUT2D eigenvalue weighted by molar-refractivity contribution is 0.0322. The van der Waals surface area contributed by atoms with Gasteiger partial charge in [-0.05, 0) is 31.9 Å². The van der Waals surface area contributed by atoms with Crippen molar-refractivity contribution in [3.05, 3.63) is 35.9 Å². The lowest BCUT2D eigenvalue weighted by atomic mass is 10.00. The summed E-state index contributed by atoms with van der Waals surface area (Å²) in [4.78, 5) is 0. The van der Waals surface area contributed by atoms with Crippen LogP contribution in [0, 0.1) is 0 Å². The predicted octanol–water partition coefficient (Wildman–Crippen LogP) is 3.54. The Labute approximate surface area is 105 Å². The van der Waals surface area contributed by atoms with Crippen LogP contribution in [0.15, 0.2) is 30.3 Å². The number of nitrogens with one attached hydrogen (secondary N) is 1. The van der Waals surface area contributed by atoms with Crippen molar-refractivity contribution in [2.24, 2.45) is 0 Å². The van der Waals surface area contributed by atoms with Crippen molar-refractivity contribution in [3.63, 3.8) is 0 Å². The van der Waals surface area contributed by atoms with Crippen molar-refractivity contribution in [3.8, 4) is 0 Å². The molecule has 0 fully saturated rings. The number of rotatable bonds is 8. The maximum atomic E-state index is 5.92. The van der Waals surface area contributed by atoms with E-state index in [-0.39, 0.29) is 6.10 Å². The molecule has 0 amide bonds. The second-order valence-electron chi connectivity index (χ2n) is 4.26. The van der Waals surface area contributed by atoms with Gasteiger partial charge in [0.15, 0.2) is 0 Å². The van der Waals surface area contributed by atoms with E-state index < -0.39 is 0 Å². The fraction of sp³-hybridized carbons (Fsp3) is 0.600. The highest BCUT2D eigenvalue weighted by atomic mass is 16.5. The Hall–Kier alpha value is -0.860. The minimum atomic E-state index is 0.165. The van der Waals surface area contributed by atoms with Gasteiger partial charge in [-0.2, -0.15) is 0 Å². The minimum absolute atomic E-state index is 0.165. The summed E-state index contributed by atoms with van der Waals surface area (Å²) in [7, 11) is 0. The van der Waals surface area contributed by atoms with Gasteiger partial charge in [-0.15, -0.1) is 0 Å². The first-order valence-corrected chi connectivity index (χ1v) is 6.73. The Morgan fingerprint density at radius 2 is 1.82 bits per heavy atom.